The van der Waals surface area contributed by atoms with Crippen LogP contribution in [0.1, 0.15) is 39.3 Å². The molecule has 0 bridgehead atoms. The summed E-state index contributed by atoms with van der Waals surface area (Å²) in [4.78, 5) is 41.9. The van der Waals surface area contributed by atoms with Crippen LogP contribution < -0.4 is 4.90 Å². The number of nitrogens with zero attached hydrogens (tertiary/aromatic N) is 1. The van der Waals surface area contributed by atoms with E-state index in [0.717, 1.165) is 23.0 Å². The van der Waals surface area contributed by atoms with Gasteiger partial charge in [0.2, 0.25) is 11.7 Å². The van der Waals surface area contributed by atoms with Crippen molar-refractivity contribution in [3.63, 3.8) is 0 Å². The van der Waals surface area contributed by atoms with Crippen molar-refractivity contribution in [1.82, 2.24) is 4.98 Å². The summed E-state index contributed by atoms with van der Waals surface area (Å²) in [6, 6.07) is 12.1. The maximum atomic E-state index is 12.7. The van der Waals surface area contributed by atoms with E-state index in [9.17, 15) is 14.4 Å². The van der Waals surface area contributed by atoms with Crippen LogP contribution in [0.5, 0.6) is 0 Å². The number of H-pyrrole nitrogens is 1. The molecule has 148 valence electrons. The summed E-state index contributed by atoms with van der Waals surface area (Å²) in [6.07, 6.45) is 1.21. The van der Waals surface area contributed by atoms with Crippen molar-refractivity contribution in [2.45, 2.75) is 19.8 Å². The molecule has 1 aliphatic heterocycles. The van der Waals surface area contributed by atoms with Gasteiger partial charge in [-0.3, -0.25) is 9.59 Å². The van der Waals surface area contributed by atoms with Crippen molar-refractivity contribution in [2.75, 3.05) is 18.1 Å². The number of aromatic amines is 1. The van der Waals surface area contributed by atoms with Crippen molar-refractivity contribution in [3.8, 4) is 0 Å². The Balaban J connectivity index is 1.50. The van der Waals surface area contributed by atoms with Gasteiger partial charge in [-0.2, -0.15) is 0 Å². The number of Topliss-reactive ketones (excluding diaryl/α,β-unsaturated/α-hetero) is 1. The maximum absolute atomic E-state index is 12.7. The van der Waals surface area contributed by atoms with Crippen molar-refractivity contribution in [1.29, 1.82) is 0 Å². The zero-order valence-electron chi connectivity index (χ0n) is 15.8. The summed E-state index contributed by atoms with van der Waals surface area (Å²) in [5, 5.41) is 1.19. The molecule has 1 N–H and O–H groups in total. The van der Waals surface area contributed by atoms with Gasteiger partial charge in [-0.25, -0.2) is 4.79 Å². The van der Waals surface area contributed by atoms with E-state index in [-0.39, 0.29) is 23.9 Å². The van der Waals surface area contributed by atoms with Gasteiger partial charge in [0.25, 0.3) is 0 Å². The molecule has 0 atom stereocenters. The molecular formula is C22H19ClN2O4. The van der Waals surface area contributed by atoms with Gasteiger partial charge in [-0.05, 0) is 37.6 Å². The Morgan fingerprint density at radius 3 is 2.76 bits per heavy atom. The highest BCUT2D eigenvalue weighted by Gasteiger charge is 2.25. The van der Waals surface area contributed by atoms with Gasteiger partial charge in [0.15, 0.2) is 6.61 Å². The number of nitrogens with one attached hydrogen (secondary N) is 1. The van der Waals surface area contributed by atoms with Crippen LogP contribution in [0, 0.1) is 6.92 Å². The lowest BCUT2D eigenvalue weighted by atomic mass is 10.1. The number of carbonyl (C=O) groups excluding carboxylic acids is 3. The molecule has 2 aromatic carbocycles. The first-order chi connectivity index (χ1) is 14.0. The van der Waals surface area contributed by atoms with E-state index in [0.29, 0.717) is 29.2 Å². The zero-order chi connectivity index (χ0) is 20.5. The van der Waals surface area contributed by atoms with E-state index in [4.69, 9.17) is 16.3 Å². The second-order valence-corrected chi connectivity index (χ2v) is 7.39. The molecule has 1 amide bonds. The number of rotatable bonds is 5. The highest BCUT2D eigenvalue weighted by molar-refractivity contribution is 6.34. The Labute approximate surface area is 172 Å². The van der Waals surface area contributed by atoms with Crippen molar-refractivity contribution < 1.29 is 19.1 Å². The topological polar surface area (TPSA) is 79.5 Å². The van der Waals surface area contributed by atoms with E-state index in [1.54, 1.807) is 11.0 Å². The Bertz CT molecular complexity index is 1140. The molecule has 0 unspecified atom stereocenters. The third-order valence-electron chi connectivity index (χ3n) is 5.05. The molecule has 1 fully saturated rings. The zero-order valence-corrected chi connectivity index (χ0v) is 16.6. The number of anilines is 1. The molecule has 1 saturated heterocycles. The number of aryl methyl sites for hydroxylation is 1. The number of carbonyl (C=O) groups is 3. The molecular weight excluding hydrogens is 392 g/mol. The number of halogens is 1. The van der Waals surface area contributed by atoms with Crippen LogP contribution in [0.15, 0.2) is 42.5 Å². The summed E-state index contributed by atoms with van der Waals surface area (Å²) >= 11 is 6.21. The standard InChI is InChI=1S/C22H19ClN2O4/c1-13-21(15-5-2-3-6-17(15)24-13)19(26)12-29-22(28)14-8-9-16(23)18(11-14)25-10-4-7-20(25)27/h2-3,5-6,8-9,11,24H,4,7,10,12H2,1H3. The summed E-state index contributed by atoms with van der Waals surface area (Å²) in [5.41, 5.74) is 2.84. The predicted molar refractivity (Wildman–Crippen MR) is 111 cm³/mol. The molecule has 4 rings (SSSR count). The molecule has 0 radical (unpaired) electrons. The van der Waals surface area contributed by atoms with Crippen LogP contribution in [-0.4, -0.2) is 35.8 Å². The SMILES string of the molecule is Cc1[nH]c2ccccc2c1C(=O)COC(=O)c1ccc(Cl)c(N2CCCC2=O)c1. The number of esters is 1. The fourth-order valence-corrected chi connectivity index (χ4v) is 3.89. The van der Waals surface area contributed by atoms with Crippen LogP contribution in [0.25, 0.3) is 10.9 Å². The fraction of sp³-hybridized carbons (Fsp3) is 0.227. The number of amides is 1. The normalized spacial score (nSPS) is 13.9. The van der Waals surface area contributed by atoms with Crippen molar-refractivity contribution in [2.24, 2.45) is 0 Å². The highest BCUT2D eigenvalue weighted by atomic mass is 35.5. The van der Waals surface area contributed by atoms with Crippen LogP contribution in [0.2, 0.25) is 5.02 Å². The monoisotopic (exact) mass is 410 g/mol. The van der Waals surface area contributed by atoms with Gasteiger partial charge in [-0.1, -0.05) is 29.8 Å². The lowest BCUT2D eigenvalue weighted by molar-refractivity contribution is -0.117. The van der Waals surface area contributed by atoms with Gasteiger partial charge >= 0.3 is 5.97 Å². The molecule has 1 aromatic heterocycles. The van der Waals surface area contributed by atoms with Gasteiger partial charge in [0, 0.05) is 35.1 Å². The van der Waals surface area contributed by atoms with E-state index >= 15 is 0 Å². The Morgan fingerprint density at radius 1 is 1.21 bits per heavy atom. The summed E-state index contributed by atoms with van der Waals surface area (Å²) < 4.78 is 5.25. The van der Waals surface area contributed by atoms with E-state index in [1.165, 1.54) is 12.1 Å². The Kier molecular flexibility index (Phi) is 5.11. The number of hydrogen-bond donors (Lipinski definition) is 1. The summed E-state index contributed by atoms with van der Waals surface area (Å²) in [5.74, 6) is -0.944. The molecule has 0 aliphatic carbocycles. The van der Waals surface area contributed by atoms with E-state index in [1.807, 2.05) is 31.2 Å². The molecule has 6 nitrogen and oxygen atoms in total. The van der Waals surface area contributed by atoms with E-state index < -0.39 is 5.97 Å². The number of hydrogen-bond acceptors (Lipinski definition) is 4. The second-order valence-electron chi connectivity index (χ2n) is 6.99. The third kappa shape index (κ3) is 3.63. The summed E-state index contributed by atoms with van der Waals surface area (Å²) in [6.45, 7) is 2.01. The largest absolute Gasteiger partial charge is 0.454 e. The van der Waals surface area contributed by atoms with Gasteiger partial charge in [-0.15, -0.1) is 0 Å². The lowest BCUT2D eigenvalue weighted by Gasteiger charge is -2.18. The average Bonchev–Trinajstić information content (AvgIpc) is 3.28. The predicted octanol–water partition coefficient (Wildman–Crippen LogP) is 4.30. The lowest BCUT2D eigenvalue weighted by Crippen LogP contribution is -2.24. The first kappa shape index (κ1) is 19.2. The number of benzene rings is 2. The molecule has 7 heteroatoms. The first-order valence-corrected chi connectivity index (χ1v) is 9.71. The smallest absolute Gasteiger partial charge is 0.338 e. The molecule has 0 spiro atoms. The Morgan fingerprint density at radius 2 is 2.00 bits per heavy atom. The van der Waals surface area contributed by atoms with Crippen molar-refractivity contribution >= 4 is 45.9 Å². The number of ether oxygens (including phenoxy) is 1. The summed E-state index contributed by atoms with van der Waals surface area (Å²) in [7, 11) is 0. The minimum absolute atomic E-state index is 0.0255. The average molecular weight is 411 g/mol. The molecule has 29 heavy (non-hydrogen) atoms. The minimum Gasteiger partial charge on any atom is -0.454 e. The Hall–Kier alpha value is -3.12. The minimum atomic E-state index is -0.639. The van der Waals surface area contributed by atoms with Gasteiger partial charge in [0.05, 0.1) is 16.3 Å². The number of aromatic nitrogens is 1. The van der Waals surface area contributed by atoms with E-state index in [2.05, 4.69) is 4.98 Å². The quantitative estimate of drug-likeness (QED) is 0.502. The number of ketones is 1. The molecule has 1 aliphatic rings. The second kappa shape index (κ2) is 7.72. The highest BCUT2D eigenvalue weighted by Crippen LogP contribution is 2.30. The van der Waals surface area contributed by atoms with Crippen molar-refractivity contribution in [3.05, 3.63) is 64.3 Å². The van der Waals surface area contributed by atoms with Crippen LogP contribution in [0.3, 0.4) is 0 Å². The third-order valence-corrected chi connectivity index (χ3v) is 5.37. The molecule has 2 heterocycles. The number of para-hydroxylation sites is 1. The maximum Gasteiger partial charge on any atom is 0.338 e. The molecule has 3 aromatic rings. The van der Waals surface area contributed by atoms with Crippen LogP contribution in [-0.2, 0) is 9.53 Å². The number of fused-ring (bicyclic) bond motifs is 1. The first-order valence-electron chi connectivity index (χ1n) is 9.33. The van der Waals surface area contributed by atoms with Gasteiger partial charge in [0.1, 0.15) is 0 Å². The van der Waals surface area contributed by atoms with Gasteiger partial charge < -0.3 is 14.6 Å². The van der Waals surface area contributed by atoms with Crippen LogP contribution >= 0.6 is 11.6 Å². The van der Waals surface area contributed by atoms with Crippen LogP contribution in [0.4, 0.5) is 5.69 Å². The fourth-order valence-electron chi connectivity index (χ4n) is 3.67. The molecule has 0 saturated carbocycles.